The van der Waals surface area contributed by atoms with Crippen molar-refractivity contribution < 1.29 is 4.42 Å². The number of piperidine rings is 1. The standard InChI is InChI=1S/C10H15N3O/c1-2-7(1)9-12-13-10(14-9)8-3-5-11-6-4-8/h7-8,11H,1-6H2. The molecule has 76 valence electrons. The smallest absolute Gasteiger partial charge is 0.219 e. The summed E-state index contributed by atoms with van der Waals surface area (Å²) in [5.41, 5.74) is 0. The van der Waals surface area contributed by atoms with E-state index in [4.69, 9.17) is 4.42 Å². The molecule has 0 unspecified atom stereocenters. The number of nitrogens with one attached hydrogen (secondary N) is 1. The molecule has 0 radical (unpaired) electrons. The van der Waals surface area contributed by atoms with Gasteiger partial charge in [0.1, 0.15) is 0 Å². The maximum Gasteiger partial charge on any atom is 0.219 e. The van der Waals surface area contributed by atoms with Gasteiger partial charge in [-0.05, 0) is 38.8 Å². The van der Waals surface area contributed by atoms with E-state index in [2.05, 4.69) is 15.5 Å². The predicted octanol–water partition coefficient (Wildman–Crippen LogP) is 1.41. The van der Waals surface area contributed by atoms with Crippen LogP contribution >= 0.6 is 0 Å². The van der Waals surface area contributed by atoms with Gasteiger partial charge in [0.2, 0.25) is 11.8 Å². The molecule has 1 aromatic heterocycles. The van der Waals surface area contributed by atoms with Crippen LogP contribution in [0, 0.1) is 0 Å². The average Bonchev–Trinajstić information content (AvgIpc) is 2.98. The van der Waals surface area contributed by atoms with Crippen LogP contribution in [0.1, 0.15) is 49.3 Å². The molecular weight excluding hydrogens is 178 g/mol. The Kier molecular flexibility index (Phi) is 2.01. The molecule has 1 aliphatic carbocycles. The van der Waals surface area contributed by atoms with Crippen LogP contribution in [-0.2, 0) is 0 Å². The van der Waals surface area contributed by atoms with Crippen molar-refractivity contribution in [1.82, 2.24) is 15.5 Å². The Hall–Kier alpha value is -0.900. The Morgan fingerprint density at radius 2 is 1.50 bits per heavy atom. The molecule has 1 aliphatic heterocycles. The first-order valence-corrected chi connectivity index (χ1v) is 5.47. The van der Waals surface area contributed by atoms with Gasteiger partial charge in [-0.2, -0.15) is 0 Å². The minimum absolute atomic E-state index is 0.497. The lowest BCUT2D eigenvalue weighted by molar-refractivity contribution is 0.361. The summed E-state index contributed by atoms with van der Waals surface area (Å²) in [6.07, 6.45) is 4.72. The largest absolute Gasteiger partial charge is 0.425 e. The summed E-state index contributed by atoms with van der Waals surface area (Å²) < 4.78 is 5.70. The van der Waals surface area contributed by atoms with Gasteiger partial charge in [-0.15, -0.1) is 10.2 Å². The third-order valence-corrected chi connectivity index (χ3v) is 3.07. The summed E-state index contributed by atoms with van der Waals surface area (Å²) in [5, 5.41) is 11.6. The Labute approximate surface area is 83.1 Å². The number of nitrogens with zero attached hydrogens (tertiary/aromatic N) is 2. The van der Waals surface area contributed by atoms with Crippen LogP contribution in [-0.4, -0.2) is 23.3 Å². The van der Waals surface area contributed by atoms with E-state index in [9.17, 15) is 0 Å². The van der Waals surface area contributed by atoms with Crippen molar-refractivity contribution in [2.24, 2.45) is 0 Å². The van der Waals surface area contributed by atoms with Crippen LogP contribution in [0.15, 0.2) is 4.42 Å². The van der Waals surface area contributed by atoms with Gasteiger partial charge in [0.25, 0.3) is 0 Å². The van der Waals surface area contributed by atoms with E-state index in [1.54, 1.807) is 0 Å². The zero-order chi connectivity index (χ0) is 9.38. The number of hydrogen-bond donors (Lipinski definition) is 1. The summed E-state index contributed by atoms with van der Waals surface area (Å²) in [4.78, 5) is 0. The SMILES string of the molecule is C1CC(c2nnc(C3CC3)o2)CCN1. The third kappa shape index (κ3) is 1.54. The Morgan fingerprint density at radius 3 is 2.07 bits per heavy atom. The van der Waals surface area contributed by atoms with Gasteiger partial charge < -0.3 is 9.73 Å². The third-order valence-electron chi connectivity index (χ3n) is 3.07. The summed E-state index contributed by atoms with van der Waals surface area (Å²) in [7, 11) is 0. The fourth-order valence-electron chi connectivity index (χ4n) is 1.98. The minimum atomic E-state index is 0.497. The summed E-state index contributed by atoms with van der Waals surface area (Å²) in [6.45, 7) is 2.15. The highest BCUT2D eigenvalue weighted by atomic mass is 16.4. The maximum atomic E-state index is 5.70. The zero-order valence-corrected chi connectivity index (χ0v) is 8.20. The first-order chi connectivity index (χ1) is 6.93. The van der Waals surface area contributed by atoms with Gasteiger partial charge in [-0.25, -0.2) is 0 Å². The van der Waals surface area contributed by atoms with E-state index >= 15 is 0 Å². The highest BCUT2D eigenvalue weighted by molar-refractivity contribution is 5.02. The number of aromatic nitrogens is 2. The number of hydrogen-bond acceptors (Lipinski definition) is 4. The molecule has 0 spiro atoms. The van der Waals surface area contributed by atoms with Gasteiger partial charge in [-0.3, -0.25) is 0 Å². The van der Waals surface area contributed by atoms with E-state index in [1.807, 2.05) is 0 Å². The molecule has 1 aromatic rings. The van der Waals surface area contributed by atoms with Crippen LogP contribution in [0.25, 0.3) is 0 Å². The lowest BCUT2D eigenvalue weighted by Gasteiger charge is -2.18. The van der Waals surface area contributed by atoms with Crippen molar-refractivity contribution in [3.05, 3.63) is 11.8 Å². The molecule has 2 fully saturated rings. The van der Waals surface area contributed by atoms with Crippen LogP contribution in [0.3, 0.4) is 0 Å². The first kappa shape index (κ1) is 8.41. The summed E-state index contributed by atoms with van der Waals surface area (Å²) in [5.74, 6) is 2.82. The Morgan fingerprint density at radius 1 is 0.929 bits per heavy atom. The molecule has 1 N–H and O–H groups in total. The topological polar surface area (TPSA) is 51.0 Å². The van der Waals surface area contributed by atoms with Crippen molar-refractivity contribution in [3.63, 3.8) is 0 Å². The molecule has 0 atom stereocenters. The summed E-state index contributed by atoms with van der Waals surface area (Å²) >= 11 is 0. The highest BCUT2D eigenvalue weighted by Gasteiger charge is 2.30. The Balaban J connectivity index is 1.74. The monoisotopic (exact) mass is 193 g/mol. The molecule has 4 heteroatoms. The minimum Gasteiger partial charge on any atom is -0.425 e. The predicted molar refractivity (Wildman–Crippen MR) is 51.1 cm³/mol. The fraction of sp³-hybridized carbons (Fsp3) is 0.800. The van der Waals surface area contributed by atoms with Gasteiger partial charge in [-0.1, -0.05) is 0 Å². The molecule has 1 saturated carbocycles. The van der Waals surface area contributed by atoms with Crippen molar-refractivity contribution in [3.8, 4) is 0 Å². The van der Waals surface area contributed by atoms with Crippen LogP contribution in [0.5, 0.6) is 0 Å². The van der Waals surface area contributed by atoms with E-state index in [0.29, 0.717) is 11.8 Å². The van der Waals surface area contributed by atoms with Crippen molar-refractivity contribution in [2.75, 3.05) is 13.1 Å². The van der Waals surface area contributed by atoms with E-state index < -0.39 is 0 Å². The fourth-order valence-corrected chi connectivity index (χ4v) is 1.98. The normalized spacial score (nSPS) is 24.0. The van der Waals surface area contributed by atoms with Crippen LogP contribution < -0.4 is 5.32 Å². The molecule has 0 bridgehead atoms. The van der Waals surface area contributed by atoms with E-state index in [-0.39, 0.29) is 0 Å². The van der Waals surface area contributed by atoms with Gasteiger partial charge >= 0.3 is 0 Å². The van der Waals surface area contributed by atoms with Gasteiger partial charge in [0.15, 0.2) is 0 Å². The van der Waals surface area contributed by atoms with Gasteiger partial charge in [0, 0.05) is 11.8 Å². The van der Waals surface area contributed by atoms with E-state index in [0.717, 1.165) is 37.7 Å². The highest BCUT2D eigenvalue weighted by Crippen LogP contribution is 2.40. The second kappa shape index (κ2) is 3.35. The second-order valence-corrected chi connectivity index (χ2v) is 4.28. The zero-order valence-electron chi connectivity index (χ0n) is 8.20. The van der Waals surface area contributed by atoms with Crippen molar-refractivity contribution >= 4 is 0 Å². The molecular formula is C10H15N3O. The number of rotatable bonds is 2. The molecule has 3 rings (SSSR count). The molecule has 2 aliphatic rings. The second-order valence-electron chi connectivity index (χ2n) is 4.28. The Bertz CT molecular complexity index is 313. The summed E-state index contributed by atoms with van der Waals surface area (Å²) in [6, 6.07) is 0. The van der Waals surface area contributed by atoms with Gasteiger partial charge in [0.05, 0.1) is 0 Å². The molecule has 14 heavy (non-hydrogen) atoms. The molecule has 2 heterocycles. The van der Waals surface area contributed by atoms with E-state index in [1.165, 1.54) is 12.8 Å². The van der Waals surface area contributed by atoms with Crippen molar-refractivity contribution in [1.29, 1.82) is 0 Å². The molecule has 0 amide bonds. The first-order valence-electron chi connectivity index (χ1n) is 5.47. The quantitative estimate of drug-likeness (QED) is 0.771. The maximum absolute atomic E-state index is 5.70. The average molecular weight is 193 g/mol. The van der Waals surface area contributed by atoms with Crippen LogP contribution in [0.4, 0.5) is 0 Å². The van der Waals surface area contributed by atoms with Crippen LogP contribution in [0.2, 0.25) is 0 Å². The molecule has 1 saturated heterocycles. The lowest BCUT2D eigenvalue weighted by atomic mass is 9.98. The lowest BCUT2D eigenvalue weighted by Crippen LogP contribution is -2.26. The van der Waals surface area contributed by atoms with Crippen molar-refractivity contribution in [2.45, 2.75) is 37.5 Å². The molecule has 4 nitrogen and oxygen atoms in total. The molecule has 0 aromatic carbocycles.